The number of carbonyl (C=O) groups is 2. The van der Waals surface area contributed by atoms with Crippen LogP contribution in [-0.2, 0) is 16.1 Å². The molecule has 1 N–H and O–H groups in total. The highest BCUT2D eigenvalue weighted by Crippen LogP contribution is 2.24. The summed E-state index contributed by atoms with van der Waals surface area (Å²) in [5.74, 6) is -0.283. The summed E-state index contributed by atoms with van der Waals surface area (Å²) in [6, 6.07) is 14.5. The van der Waals surface area contributed by atoms with Crippen molar-refractivity contribution < 1.29 is 14.0 Å². The molecular formula is C22H27FN2O2. The molecule has 0 aliphatic heterocycles. The maximum absolute atomic E-state index is 13.2. The van der Waals surface area contributed by atoms with E-state index in [2.05, 4.69) is 19.2 Å². The van der Waals surface area contributed by atoms with Gasteiger partial charge in [-0.3, -0.25) is 9.59 Å². The van der Waals surface area contributed by atoms with Gasteiger partial charge in [-0.05, 0) is 35.6 Å². The van der Waals surface area contributed by atoms with E-state index in [1.807, 2.05) is 30.3 Å². The van der Waals surface area contributed by atoms with Gasteiger partial charge in [0.15, 0.2) is 0 Å². The zero-order valence-corrected chi connectivity index (χ0v) is 16.1. The van der Waals surface area contributed by atoms with Crippen molar-refractivity contribution in [3.05, 3.63) is 71.5 Å². The van der Waals surface area contributed by atoms with Crippen LogP contribution < -0.4 is 5.32 Å². The largest absolute Gasteiger partial charge is 0.354 e. The highest BCUT2D eigenvalue weighted by atomic mass is 19.1. The minimum Gasteiger partial charge on any atom is -0.354 e. The number of benzene rings is 2. The molecule has 0 bridgehead atoms. The van der Waals surface area contributed by atoms with Gasteiger partial charge >= 0.3 is 0 Å². The highest BCUT2D eigenvalue weighted by Gasteiger charge is 2.29. The zero-order valence-electron chi connectivity index (χ0n) is 16.1. The smallest absolute Gasteiger partial charge is 0.247 e. The minimum absolute atomic E-state index is 0.209. The van der Waals surface area contributed by atoms with Gasteiger partial charge in [0.25, 0.3) is 0 Å². The number of hydrogen-bond donors (Lipinski definition) is 1. The minimum atomic E-state index is -0.735. The normalized spacial score (nSPS) is 11.9. The Morgan fingerprint density at radius 1 is 1.04 bits per heavy atom. The van der Waals surface area contributed by atoms with Gasteiger partial charge in [0.1, 0.15) is 11.9 Å². The second-order valence-electron chi connectivity index (χ2n) is 7.06. The van der Waals surface area contributed by atoms with Crippen LogP contribution in [0.1, 0.15) is 44.4 Å². The molecule has 1 atom stereocenters. The lowest BCUT2D eigenvalue weighted by atomic mass is 10.0. The van der Waals surface area contributed by atoms with Crippen LogP contribution in [0.4, 0.5) is 4.39 Å². The lowest BCUT2D eigenvalue weighted by Crippen LogP contribution is -2.43. The van der Waals surface area contributed by atoms with Crippen LogP contribution in [0, 0.1) is 11.7 Å². The molecule has 0 fully saturated rings. The number of carbonyl (C=O) groups excluding carboxylic acids is 2. The second-order valence-corrected chi connectivity index (χ2v) is 7.06. The molecule has 0 aliphatic carbocycles. The summed E-state index contributed by atoms with van der Waals surface area (Å²) < 4.78 is 13.2. The van der Waals surface area contributed by atoms with Crippen LogP contribution in [0.25, 0.3) is 0 Å². The fourth-order valence-corrected chi connectivity index (χ4v) is 2.86. The maximum atomic E-state index is 13.2. The molecule has 0 unspecified atom stereocenters. The SMILES string of the molecule is CC(=O)N(Cc1ccc(F)cc1)[C@@H](C(=O)NCCC(C)C)c1ccccc1. The van der Waals surface area contributed by atoms with Gasteiger partial charge in [-0.1, -0.05) is 56.3 Å². The van der Waals surface area contributed by atoms with Crippen molar-refractivity contribution in [3.8, 4) is 0 Å². The predicted molar refractivity (Wildman–Crippen MR) is 104 cm³/mol. The van der Waals surface area contributed by atoms with Gasteiger partial charge in [-0.2, -0.15) is 0 Å². The van der Waals surface area contributed by atoms with E-state index in [-0.39, 0.29) is 24.2 Å². The topological polar surface area (TPSA) is 49.4 Å². The molecule has 2 amide bonds. The molecular weight excluding hydrogens is 343 g/mol. The van der Waals surface area contributed by atoms with E-state index in [1.54, 1.807) is 12.1 Å². The van der Waals surface area contributed by atoms with Crippen molar-refractivity contribution in [1.29, 1.82) is 0 Å². The summed E-state index contributed by atoms with van der Waals surface area (Å²) in [7, 11) is 0. The fraction of sp³-hybridized carbons (Fsp3) is 0.364. The average molecular weight is 370 g/mol. The number of nitrogens with one attached hydrogen (secondary N) is 1. The third kappa shape index (κ3) is 6.20. The van der Waals surface area contributed by atoms with Gasteiger partial charge < -0.3 is 10.2 Å². The lowest BCUT2D eigenvalue weighted by Gasteiger charge is -2.30. The molecule has 0 saturated heterocycles. The number of hydrogen-bond acceptors (Lipinski definition) is 2. The van der Waals surface area contributed by atoms with E-state index in [9.17, 15) is 14.0 Å². The summed E-state index contributed by atoms with van der Waals surface area (Å²) in [5.41, 5.74) is 1.51. The van der Waals surface area contributed by atoms with E-state index in [0.717, 1.165) is 17.5 Å². The molecule has 0 aromatic heterocycles. The van der Waals surface area contributed by atoms with Crippen LogP contribution in [-0.4, -0.2) is 23.3 Å². The van der Waals surface area contributed by atoms with Crippen LogP contribution in [0.5, 0.6) is 0 Å². The maximum Gasteiger partial charge on any atom is 0.247 e. The standard InChI is InChI=1S/C22H27FN2O2/c1-16(2)13-14-24-22(27)21(19-7-5-4-6-8-19)25(17(3)26)15-18-9-11-20(23)12-10-18/h4-12,16,21H,13-15H2,1-3H3,(H,24,27)/t21-/m1/s1. The molecule has 5 heteroatoms. The molecule has 144 valence electrons. The monoisotopic (exact) mass is 370 g/mol. The summed E-state index contributed by atoms with van der Waals surface area (Å²) in [6.45, 7) is 6.42. The molecule has 0 aliphatic rings. The number of nitrogens with zero attached hydrogens (tertiary/aromatic N) is 1. The van der Waals surface area contributed by atoms with Gasteiger partial charge in [-0.15, -0.1) is 0 Å². The lowest BCUT2D eigenvalue weighted by molar-refractivity contribution is -0.140. The highest BCUT2D eigenvalue weighted by molar-refractivity contribution is 5.88. The first-order valence-electron chi connectivity index (χ1n) is 9.22. The number of rotatable bonds is 8. The van der Waals surface area contributed by atoms with E-state index < -0.39 is 6.04 Å². The van der Waals surface area contributed by atoms with E-state index >= 15 is 0 Å². The van der Waals surface area contributed by atoms with Crippen LogP contribution in [0.2, 0.25) is 0 Å². The third-order valence-corrected chi connectivity index (χ3v) is 4.37. The molecule has 2 aromatic carbocycles. The van der Waals surface area contributed by atoms with Crippen LogP contribution in [0.15, 0.2) is 54.6 Å². The summed E-state index contributed by atoms with van der Waals surface area (Å²) in [5, 5.41) is 2.95. The zero-order chi connectivity index (χ0) is 19.8. The van der Waals surface area contributed by atoms with Crippen molar-refractivity contribution in [2.45, 2.75) is 39.8 Å². The van der Waals surface area contributed by atoms with Crippen molar-refractivity contribution in [1.82, 2.24) is 10.2 Å². The van der Waals surface area contributed by atoms with Gasteiger partial charge in [0, 0.05) is 20.0 Å². The van der Waals surface area contributed by atoms with E-state index in [4.69, 9.17) is 0 Å². The Kier molecular flexibility index (Phi) is 7.53. The van der Waals surface area contributed by atoms with Gasteiger partial charge in [0.2, 0.25) is 11.8 Å². The fourth-order valence-electron chi connectivity index (χ4n) is 2.86. The van der Waals surface area contributed by atoms with Crippen molar-refractivity contribution in [2.75, 3.05) is 6.54 Å². The van der Waals surface area contributed by atoms with Crippen molar-refractivity contribution in [2.24, 2.45) is 5.92 Å². The summed E-state index contributed by atoms with van der Waals surface area (Å²) >= 11 is 0. The Hall–Kier alpha value is -2.69. The summed E-state index contributed by atoms with van der Waals surface area (Å²) in [6.07, 6.45) is 0.866. The Morgan fingerprint density at radius 2 is 1.67 bits per heavy atom. The number of halogens is 1. The Labute approximate surface area is 160 Å². The molecule has 0 spiro atoms. The third-order valence-electron chi connectivity index (χ3n) is 4.37. The Balaban J connectivity index is 2.28. The molecule has 2 rings (SSSR count). The van der Waals surface area contributed by atoms with Crippen molar-refractivity contribution in [3.63, 3.8) is 0 Å². The first kappa shape index (κ1) is 20.6. The molecule has 0 saturated carbocycles. The van der Waals surface area contributed by atoms with Gasteiger partial charge in [0.05, 0.1) is 0 Å². The Morgan fingerprint density at radius 3 is 2.22 bits per heavy atom. The first-order chi connectivity index (χ1) is 12.9. The molecule has 2 aromatic rings. The quantitative estimate of drug-likeness (QED) is 0.761. The predicted octanol–water partition coefficient (Wildman–Crippen LogP) is 4.08. The second kappa shape index (κ2) is 9.86. The molecule has 27 heavy (non-hydrogen) atoms. The van der Waals surface area contributed by atoms with Crippen molar-refractivity contribution >= 4 is 11.8 Å². The van der Waals surface area contributed by atoms with Crippen LogP contribution >= 0.6 is 0 Å². The van der Waals surface area contributed by atoms with E-state index in [1.165, 1.54) is 24.0 Å². The van der Waals surface area contributed by atoms with Crippen LogP contribution in [0.3, 0.4) is 0 Å². The van der Waals surface area contributed by atoms with E-state index in [0.29, 0.717) is 12.5 Å². The molecule has 4 nitrogen and oxygen atoms in total. The molecule has 0 heterocycles. The first-order valence-corrected chi connectivity index (χ1v) is 9.22. The number of amides is 2. The summed E-state index contributed by atoms with van der Waals surface area (Å²) in [4.78, 5) is 26.9. The average Bonchev–Trinajstić information content (AvgIpc) is 2.63. The Bertz CT molecular complexity index is 745. The van der Waals surface area contributed by atoms with Gasteiger partial charge in [-0.25, -0.2) is 4.39 Å². The molecule has 0 radical (unpaired) electrons.